The van der Waals surface area contributed by atoms with Gasteiger partial charge in [0.25, 0.3) is 0 Å². The van der Waals surface area contributed by atoms with E-state index in [1.165, 1.54) is 23.1 Å². The Hall–Kier alpha value is -1.62. The highest BCUT2D eigenvalue weighted by atomic mass is 16.6. The van der Waals surface area contributed by atoms with Crippen molar-refractivity contribution in [1.82, 2.24) is 10.4 Å². The Balaban J connectivity index is 2.00. The van der Waals surface area contributed by atoms with Crippen LogP contribution in [-0.4, -0.2) is 43.4 Å². The highest BCUT2D eigenvalue weighted by Gasteiger charge is 2.16. The quantitative estimate of drug-likeness (QED) is 0.759. The summed E-state index contributed by atoms with van der Waals surface area (Å²) < 4.78 is 0. The molecule has 0 aliphatic heterocycles. The van der Waals surface area contributed by atoms with Crippen molar-refractivity contribution < 1.29 is 9.94 Å². The van der Waals surface area contributed by atoms with Crippen LogP contribution in [0.3, 0.4) is 0 Å². The van der Waals surface area contributed by atoms with Gasteiger partial charge in [-0.05, 0) is 63.1 Å². The molecule has 0 heterocycles. The van der Waals surface area contributed by atoms with Crippen LogP contribution in [0.25, 0.3) is 6.08 Å². The number of allylic oxidation sites excluding steroid dienone is 2. The highest BCUT2D eigenvalue weighted by Crippen LogP contribution is 2.29. The van der Waals surface area contributed by atoms with E-state index in [4.69, 9.17) is 4.84 Å². The lowest BCUT2D eigenvalue weighted by atomic mass is 9.91. The normalized spacial score (nSPS) is 18.6. The summed E-state index contributed by atoms with van der Waals surface area (Å²) in [6.45, 7) is 3.00. The number of rotatable bonds is 7. The van der Waals surface area contributed by atoms with Crippen molar-refractivity contribution >= 4 is 6.08 Å². The summed E-state index contributed by atoms with van der Waals surface area (Å²) in [4.78, 5) is 7.49. The molecule has 0 aromatic heterocycles. The van der Waals surface area contributed by atoms with Gasteiger partial charge in [0, 0.05) is 6.54 Å². The third-order valence-electron chi connectivity index (χ3n) is 3.91. The molecule has 0 saturated heterocycles. The summed E-state index contributed by atoms with van der Waals surface area (Å²) in [7, 11) is 3.87. The van der Waals surface area contributed by atoms with Gasteiger partial charge in [0.2, 0.25) is 0 Å². The van der Waals surface area contributed by atoms with Crippen LogP contribution < -0.4 is 5.48 Å². The van der Waals surface area contributed by atoms with E-state index in [1.54, 1.807) is 0 Å². The first kappa shape index (κ1) is 17.7. The minimum Gasteiger partial charge on any atom is -0.389 e. The minimum atomic E-state index is -0.497. The zero-order chi connectivity index (χ0) is 16.7. The largest absolute Gasteiger partial charge is 0.389 e. The van der Waals surface area contributed by atoms with Gasteiger partial charge < -0.3 is 10.0 Å². The molecular formula is C19H28N2O2. The van der Waals surface area contributed by atoms with Crippen molar-refractivity contribution in [2.75, 3.05) is 27.2 Å². The standard InChI is InChI=1S/C19H28N2O2/c1-15-8-7-11-17(12-16-9-5-4-6-10-16)19(15)20-23-14-18(22)13-21(2)3/h4-6,9-10,12,18,20,22H,7-8,11,13-14H2,1-3H3/t18-/m1/s1. The number of benzene rings is 1. The van der Waals surface area contributed by atoms with E-state index in [-0.39, 0.29) is 6.61 Å². The van der Waals surface area contributed by atoms with Crippen molar-refractivity contribution in [2.24, 2.45) is 0 Å². The molecular weight excluding hydrogens is 288 g/mol. The van der Waals surface area contributed by atoms with Gasteiger partial charge in [-0.2, -0.15) is 0 Å². The molecule has 0 unspecified atom stereocenters. The van der Waals surface area contributed by atoms with Gasteiger partial charge >= 0.3 is 0 Å². The summed E-state index contributed by atoms with van der Waals surface area (Å²) in [5.41, 5.74) is 7.92. The SMILES string of the molecule is CC1=C(NOC[C@H](O)CN(C)C)C(=Cc2ccccc2)CCC1. The van der Waals surface area contributed by atoms with Gasteiger partial charge in [0.05, 0.1) is 11.8 Å². The number of hydroxylamine groups is 1. The van der Waals surface area contributed by atoms with E-state index in [0.717, 1.165) is 18.5 Å². The molecule has 2 rings (SSSR count). The number of hydrogen-bond donors (Lipinski definition) is 2. The predicted octanol–water partition coefficient (Wildman–Crippen LogP) is 2.97. The third-order valence-corrected chi connectivity index (χ3v) is 3.91. The fraction of sp³-hybridized carbons (Fsp3) is 0.474. The lowest BCUT2D eigenvalue weighted by Gasteiger charge is -2.23. The topological polar surface area (TPSA) is 44.7 Å². The van der Waals surface area contributed by atoms with Crippen LogP contribution in [0.5, 0.6) is 0 Å². The average molecular weight is 316 g/mol. The number of aliphatic hydroxyl groups is 1. The van der Waals surface area contributed by atoms with Crippen LogP contribution in [0.1, 0.15) is 31.7 Å². The molecule has 0 spiro atoms. The van der Waals surface area contributed by atoms with Gasteiger partial charge in [-0.3, -0.25) is 10.3 Å². The van der Waals surface area contributed by atoms with E-state index >= 15 is 0 Å². The molecule has 2 N–H and O–H groups in total. The maximum Gasteiger partial charge on any atom is 0.102 e. The average Bonchev–Trinajstić information content (AvgIpc) is 2.50. The summed E-state index contributed by atoms with van der Waals surface area (Å²) >= 11 is 0. The molecule has 4 heteroatoms. The highest BCUT2D eigenvalue weighted by molar-refractivity contribution is 5.59. The van der Waals surface area contributed by atoms with E-state index in [2.05, 4.69) is 30.6 Å². The monoisotopic (exact) mass is 316 g/mol. The molecule has 0 fully saturated rings. The summed E-state index contributed by atoms with van der Waals surface area (Å²) in [5, 5.41) is 9.88. The molecule has 1 aromatic carbocycles. The first-order valence-electron chi connectivity index (χ1n) is 8.22. The van der Waals surface area contributed by atoms with Gasteiger partial charge in [-0.25, -0.2) is 0 Å². The van der Waals surface area contributed by atoms with Crippen LogP contribution in [-0.2, 0) is 4.84 Å². The Morgan fingerprint density at radius 3 is 2.70 bits per heavy atom. The number of likely N-dealkylation sites (N-methyl/N-ethyl adjacent to an activating group) is 1. The Morgan fingerprint density at radius 1 is 1.26 bits per heavy atom. The number of nitrogens with zero attached hydrogens (tertiary/aromatic N) is 1. The fourth-order valence-electron chi connectivity index (χ4n) is 2.80. The first-order chi connectivity index (χ1) is 11.1. The summed E-state index contributed by atoms with van der Waals surface area (Å²) in [6.07, 6.45) is 5.00. The molecule has 1 aromatic rings. The van der Waals surface area contributed by atoms with Gasteiger partial charge in [0.1, 0.15) is 6.61 Å². The molecule has 0 amide bonds. The smallest absolute Gasteiger partial charge is 0.102 e. The summed E-state index contributed by atoms with van der Waals surface area (Å²) in [5.74, 6) is 0. The van der Waals surface area contributed by atoms with Crippen LogP contribution >= 0.6 is 0 Å². The molecule has 126 valence electrons. The second-order valence-electron chi connectivity index (χ2n) is 6.42. The Kier molecular flexibility index (Phi) is 6.84. The van der Waals surface area contributed by atoms with Crippen LogP contribution in [0, 0.1) is 0 Å². The zero-order valence-electron chi connectivity index (χ0n) is 14.4. The lowest BCUT2D eigenvalue weighted by Crippen LogP contribution is -2.32. The van der Waals surface area contributed by atoms with Gasteiger partial charge in [0.15, 0.2) is 0 Å². The molecule has 1 atom stereocenters. The predicted molar refractivity (Wildman–Crippen MR) is 94.6 cm³/mol. The van der Waals surface area contributed by atoms with Crippen molar-refractivity contribution in [3.63, 3.8) is 0 Å². The van der Waals surface area contributed by atoms with Gasteiger partial charge in [-0.15, -0.1) is 0 Å². The number of nitrogens with one attached hydrogen (secondary N) is 1. The molecule has 0 saturated carbocycles. The van der Waals surface area contributed by atoms with Crippen molar-refractivity contribution in [3.8, 4) is 0 Å². The molecule has 0 radical (unpaired) electrons. The van der Waals surface area contributed by atoms with Crippen molar-refractivity contribution in [3.05, 3.63) is 52.7 Å². The third kappa shape index (κ3) is 5.82. The molecule has 23 heavy (non-hydrogen) atoms. The van der Waals surface area contributed by atoms with Gasteiger partial charge in [-0.1, -0.05) is 30.3 Å². The minimum absolute atomic E-state index is 0.271. The van der Waals surface area contributed by atoms with Crippen LogP contribution in [0.2, 0.25) is 0 Å². The van der Waals surface area contributed by atoms with E-state index in [1.807, 2.05) is 37.2 Å². The number of aliphatic hydroxyl groups excluding tert-OH is 1. The van der Waals surface area contributed by atoms with E-state index in [9.17, 15) is 5.11 Å². The van der Waals surface area contributed by atoms with Crippen molar-refractivity contribution in [2.45, 2.75) is 32.3 Å². The van der Waals surface area contributed by atoms with Crippen LogP contribution in [0.15, 0.2) is 47.2 Å². The van der Waals surface area contributed by atoms with Crippen molar-refractivity contribution in [1.29, 1.82) is 0 Å². The second kappa shape index (κ2) is 8.87. The molecule has 1 aliphatic carbocycles. The van der Waals surface area contributed by atoms with Crippen LogP contribution in [0.4, 0.5) is 0 Å². The Bertz CT molecular complexity index is 550. The fourth-order valence-corrected chi connectivity index (χ4v) is 2.80. The second-order valence-corrected chi connectivity index (χ2v) is 6.42. The maximum atomic E-state index is 9.88. The summed E-state index contributed by atoms with van der Waals surface area (Å²) in [6, 6.07) is 10.3. The Labute approximate surface area is 139 Å². The molecule has 0 bridgehead atoms. The number of hydrogen-bond acceptors (Lipinski definition) is 4. The molecule has 1 aliphatic rings. The first-order valence-corrected chi connectivity index (χ1v) is 8.22. The maximum absolute atomic E-state index is 9.88. The lowest BCUT2D eigenvalue weighted by molar-refractivity contribution is -0.0136. The molecule has 4 nitrogen and oxygen atoms in total. The zero-order valence-corrected chi connectivity index (χ0v) is 14.4. The van der Waals surface area contributed by atoms with E-state index < -0.39 is 6.10 Å². The van der Waals surface area contributed by atoms with E-state index in [0.29, 0.717) is 6.54 Å². The Morgan fingerprint density at radius 2 is 2.00 bits per heavy atom.